The highest BCUT2D eigenvalue weighted by molar-refractivity contribution is 7.91. The van der Waals surface area contributed by atoms with Gasteiger partial charge in [-0.15, -0.1) is 11.3 Å². The highest BCUT2D eigenvalue weighted by Crippen LogP contribution is 2.33. The van der Waals surface area contributed by atoms with Gasteiger partial charge in [-0.05, 0) is 43.6 Å². The lowest BCUT2D eigenvalue weighted by molar-refractivity contribution is -0.137. The number of esters is 1. The summed E-state index contributed by atoms with van der Waals surface area (Å²) >= 11 is 0.968. The molecule has 0 N–H and O–H groups in total. The van der Waals surface area contributed by atoms with E-state index in [1.807, 2.05) is 0 Å². The zero-order chi connectivity index (χ0) is 22.2. The summed E-state index contributed by atoms with van der Waals surface area (Å²) in [6.45, 7) is 0.310. The van der Waals surface area contributed by atoms with Crippen molar-refractivity contribution in [1.29, 1.82) is 0 Å². The summed E-state index contributed by atoms with van der Waals surface area (Å²) in [4.78, 5) is 26.8. The molecule has 1 aromatic heterocycles. The van der Waals surface area contributed by atoms with Crippen LogP contribution in [0.5, 0.6) is 0 Å². The predicted molar refractivity (Wildman–Crippen MR) is 114 cm³/mol. The monoisotopic (exact) mass is 490 g/mol. The van der Waals surface area contributed by atoms with Crippen LogP contribution in [-0.4, -0.2) is 81.2 Å². The number of rotatable bonds is 7. The van der Waals surface area contributed by atoms with Crippen molar-refractivity contribution in [2.24, 2.45) is 0 Å². The van der Waals surface area contributed by atoms with Crippen molar-refractivity contribution in [1.82, 2.24) is 9.21 Å². The maximum atomic E-state index is 12.9. The van der Waals surface area contributed by atoms with Gasteiger partial charge < -0.3 is 9.64 Å². The van der Waals surface area contributed by atoms with Crippen LogP contribution in [0.15, 0.2) is 16.3 Å². The number of piperidine rings is 1. The third kappa shape index (κ3) is 4.96. The summed E-state index contributed by atoms with van der Waals surface area (Å²) in [5.41, 5.74) is 0. The molecule has 172 valence electrons. The summed E-state index contributed by atoms with van der Waals surface area (Å²) in [5.74, 6) is -1.30. The molecule has 0 bridgehead atoms. The Morgan fingerprint density at radius 3 is 2.45 bits per heavy atom. The fourth-order valence-electron chi connectivity index (χ4n) is 4.21. The molecule has 3 heterocycles. The maximum absolute atomic E-state index is 12.9. The summed E-state index contributed by atoms with van der Waals surface area (Å²) < 4.78 is 56.1. The van der Waals surface area contributed by atoms with E-state index in [1.165, 1.54) is 15.8 Å². The SMILES string of the molecule is O=C(OCC(=O)N(C1CC1)[C@@H]1CCS(=O)(=O)C1)c1sccc1S(=O)(=O)N1CCCCC1. The number of thiophene rings is 1. The molecule has 1 saturated carbocycles. The third-order valence-corrected chi connectivity index (χ3v) is 10.6. The number of hydrogen-bond donors (Lipinski definition) is 0. The molecule has 0 unspecified atom stereocenters. The van der Waals surface area contributed by atoms with Crippen molar-refractivity contribution in [2.45, 2.75) is 55.5 Å². The fourth-order valence-corrected chi connectivity index (χ4v) is 8.73. The van der Waals surface area contributed by atoms with Crippen molar-refractivity contribution in [3.63, 3.8) is 0 Å². The number of carbonyl (C=O) groups is 2. The summed E-state index contributed by atoms with van der Waals surface area (Å²) in [7, 11) is -6.95. The van der Waals surface area contributed by atoms with Gasteiger partial charge in [-0.2, -0.15) is 4.31 Å². The van der Waals surface area contributed by atoms with E-state index in [0.717, 1.165) is 43.4 Å². The molecule has 12 heteroatoms. The molecule has 1 aliphatic carbocycles. The van der Waals surface area contributed by atoms with Gasteiger partial charge in [0, 0.05) is 25.2 Å². The van der Waals surface area contributed by atoms with Crippen LogP contribution in [0.3, 0.4) is 0 Å². The van der Waals surface area contributed by atoms with Gasteiger partial charge in [0.2, 0.25) is 10.0 Å². The van der Waals surface area contributed by atoms with Gasteiger partial charge in [-0.25, -0.2) is 21.6 Å². The first kappa shape index (κ1) is 22.7. The number of sulfonamides is 1. The molecule has 1 aromatic rings. The Bertz CT molecular complexity index is 1050. The van der Waals surface area contributed by atoms with Crippen LogP contribution < -0.4 is 0 Å². The Kier molecular flexibility index (Phi) is 6.44. The lowest BCUT2D eigenvalue weighted by atomic mass is 10.2. The first-order chi connectivity index (χ1) is 14.7. The summed E-state index contributed by atoms with van der Waals surface area (Å²) in [6, 6.07) is 0.995. The van der Waals surface area contributed by atoms with Crippen molar-refractivity contribution in [2.75, 3.05) is 31.2 Å². The smallest absolute Gasteiger partial charge is 0.350 e. The van der Waals surface area contributed by atoms with Gasteiger partial charge >= 0.3 is 5.97 Å². The number of amides is 1. The normalized spacial score (nSPS) is 24.1. The molecule has 3 fully saturated rings. The van der Waals surface area contributed by atoms with E-state index in [2.05, 4.69) is 0 Å². The Morgan fingerprint density at radius 2 is 1.84 bits per heavy atom. The van der Waals surface area contributed by atoms with Crippen molar-refractivity contribution >= 4 is 43.1 Å². The zero-order valence-electron chi connectivity index (χ0n) is 17.1. The first-order valence-corrected chi connectivity index (χ1v) is 14.6. The van der Waals surface area contributed by atoms with Crippen molar-refractivity contribution in [3.8, 4) is 0 Å². The second kappa shape index (κ2) is 8.80. The average Bonchev–Trinajstić information content (AvgIpc) is 3.30. The minimum Gasteiger partial charge on any atom is -0.451 e. The van der Waals surface area contributed by atoms with Crippen molar-refractivity contribution < 1.29 is 31.2 Å². The van der Waals surface area contributed by atoms with E-state index in [0.29, 0.717) is 19.5 Å². The largest absolute Gasteiger partial charge is 0.451 e. The minimum atomic E-state index is -3.80. The molecule has 2 saturated heterocycles. The molecule has 3 aliphatic rings. The number of nitrogens with zero attached hydrogens (tertiary/aromatic N) is 2. The molecule has 0 radical (unpaired) electrons. The lowest BCUT2D eigenvalue weighted by Crippen LogP contribution is -2.44. The van der Waals surface area contributed by atoms with Gasteiger partial charge in [0.05, 0.1) is 11.5 Å². The first-order valence-electron chi connectivity index (χ1n) is 10.5. The van der Waals surface area contributed by atoms with Gasteiger partial charge in [-0.1, -0.05) is 6.42 Å². The van der Waals surface area contributed by atoms with Crippen LogP contribution in [0.25, 0.3) is 0 Å². The second-order valence-electron chi connectivity index (χ2n) is 8.24. The van der Waals surface area contributed by atoms with Gasteiger partial charge in [-0.3, -0.25) is 4.79 Å². The Hall–Kier alpha value is -1.50. The van der Waals surface area contributed by atoms with Gasteiger partial charge in [0.15, 0.2) is 16.4 Å². The van der Waals surface area contributed by atoms with Crippen molar-refractivity contribution in [3.05, 3.63) is 16.3 Å². The van der Waals surface area contributed by atoms with Gasteiger partial charge in [0.1, 0.15) is 9.77 Å². The van der Waals surface area contributed by atoms with Crippen LogP contribution in [0.2, 0.25) is 0 Å². The Morgan fingerprint density at radius 1 is 1.13 bits per heavy atom. The summed E-state index contributed by atoms with van der Waals surface area (Å²) in [5, 5.41) is 1.52. The summed E-state index contributed by atoms with van der Waals surface area (Å²) in [6.07, 6.45) is 4.55. The molecule has 1 atom stereocenters. The number of carbonyl (C=O) groups excluding carboxylic acids is 2. The number of ether oxygens (including phenoxy) is 1. The molecular weight excluding hydrogens is 464 g/mol. The molecule has 1 amide bonds. The van der Waals surface area contributed by atoms with Gasteiger partial charge in [0.25, 0.3) is 5.91 Å². The van der Waals surface area contributed by atoms with Crippen LogP contribution in [0, 0.1) is 0 Å². The topological polar surface area (TPSA) is 118 Å². The Labute approximate surface area is 186 Å². The lowest BCUT2D eigenvalue weighted by Gasteiger charge is -2.28. The maximum Gasteiger partial charge on any atom is 0.350 e. The third-order valence-electron chi connectivity index (χ3n) is 5.90. The molecule has 4 rings (SSSR count). The highest BCUT2D eigenvalue weighted by Gasteiger charge is 2.42. The predicted octanol–water partition coefficient (Wildman–Crippen LogP) is 1.26. The van der Waals surface area contributed by atoms with Crippen LogP contribution in [0.1, 0.15) is 48.2 Å². The standard InChI is InChI=1S/C19H26N2O7S3/c22-17(21(14-4-5-14)15-7-11-30(24,25)13-15)12-28-19(23)18-16(6-10-29-18)31(26,27)20-8-2-1-3-9-20/h6,10,14-15H,1-5,7-9,11-13H2/t15-/m1/s1. The van der Waals surface area contributed by atoms with E-state index in [1.54, 1.807) is 4.90 Å². The molecule has 2 aliphatic heterocycles. The second-order valence-corrected chi connectivity index (χ2v) is 13.3. The highest BCUT2D eigenvalue weighted by atomic mass is 32.2. The van der Waals surface area contributed by atoms with Crippen LogP contribution in [-0.2, 0) is 29.4 Å². The van der Waals surface area contributed by atoms with E-state index >= 15 is 0 Å². The van der Waals surface area contributed by atoms with E-state index in [9.17, 15) is 26.4 Å². The van der Waals surface area contributed by atoms with Crippen LogP contribution in [0.4, 0.5) is 0 Å². The molecule has 0 aromatic carbocycles. The average molecular weight is 491 g/mol. The van der Waals surface area contributed by atoms with E-state index < -0.39 is 38.3 Å². The number of hydrogen-bond acceptors (Lipinski definition) is 8. The minimum absolute atomic E-state index is 0.0127. The quantitative estimate of drug-likeness (QED) is 0.528. The molecule has 0 spiro atoms. The fraction of sp³-hybridized carbons (Fsp3) is 0.684. The number of sulfone groups is 1. The molecule has 31 heavy (non-hydrogen) atoms. The molecule has 9 nitrogen and oxygen atoms in total. The van der Waals surface area contributed by atoms with E-state index in [-0.39, 0.29) is 33.4 Å². The zero-order valence-corrected chi connectivity index (χ0v) is 19.5. The Balaban J connectivity index is 1.42. The molecular formula is C19H26N2O7S3. The van der Waals surface area contributed by atoms with E-state index in [4.69, 9.17) is 4.74 Å². The van der Waals surface area contributed by atoms with Crippen LogP contribution >= 0.6 is 11.3 Å².